The lowest BCUT2D eigenvalue weighted by molar-refractivity contribution is -0.0756. The highest BCUT2D eigenvalue weighted by molar-refractivity contribution is 6.61. The Kier molecular flexibility index (Phi) is 4.65. The molecule has 1 fully saturated rings. The standard InChI is InChI=1S/C20H23BO5/c1-23-16-8-9-17(24-2)19-15(16)12-20(10-11-22)13-18(19)25-21(26-20)14-6-4-3-5-7-14/h3-9,18,22H,10-13H2,1-2H3/t18-,20-/m0/s1. The van der Waals surface area contributed by atoms with Gasteiger partial charge in [-0.05, 0) is 24.0 Å². The zero-order chi connectivity index (χ0) is 18.1. The molecular formula is C20H23BO5. The van der Waals surface area contributed by atoms with E-state index in [1.807, 2.05) is 42.5 Å². The van der Waals surface area contributed by atoms with Crippen LogP contribution < -0.4 is 14.9 Å². The Morgan fingerprint density at radius 3 is 2.54 bits per heavy atom. The Morgan fingerprint density at radius 2 is 1.85 bits per heavy atom. The van der Waals surface area contributed by atoms with E-state index in [9.17, 15) is 5.11 Å². The van der Waals surface area contributed by atoms with Crippen molar-refractivity contribution in [1.29, 1.82) is 0 Å². The molecule has 1 aliphatic carbocycles. The SMILES string of the molecule is COc1ccc(OC)c2c1C[C@@]1(CCO)C[C@@H]2OB(c2ccccc2)O1. The summed E-state index contributed by atoms with van der Waals surface area (Å²) in [6.45, 7) is 0.0653. The van der Waals surface area contributed by atoms with E-state index >= 15 is 0 Å². The molecule has 1 N–H and O–H groups in total. The molecule has 1 saturated heterocycles. The molecule has 0 amide bonds. The van der Waals surface area contributed by atoms with Crippen LogP contribution in [0.1, 0.15) is 30.1 Å². The number of methoxy groups -OCH3 is 2. The quantitative estimate of drug-likeness (QED) is 0.835. The second kappa shape index (κ2) is 6.95. The molecule has 2 atom stereocenters. The van der Waals surface area contributed by atoms with E-state index in [1.165, 1.54) is 0 Å². The van der Waals surface area contributed by atoms with E-state index in [1.54, 1.807) is 14.2 Å². The zero-order valence-electron chi connectivity index (χ0n) is 15.1. The predicted octanol–water partition coefficient (Wildman–Crippen LogP) is 2.25. The summed E-state index contributed by atoms with van der Waals surface area (Å²) in [5, 5.41) is 9.68. The summed E-state index contributed by atoms with van der Waals surface area (Å²) in [5.74, 6) is 1.61. The molecule has 4 rings (SSSR count). The van der Waals surface area contributed by atoms with Crippen LogP contribution in [0.25, 0.3) is 0 Å². The second-order valence-electron chi connectivity index (χ2n) is 6.89. The summed E-state index contributed by atoms with van der Waals surface area (Å²) < 4.78 is 24.0. The third-order valence-electron chi connectivity index (χ3n) is 5.38. The smallest absolute Gasteiger partial charge is 0.494 e. The van der Waals surface area contributed by atoms with Gasteiger partial charge in [0.25, 0.3) is 0 Å². The molecule has 0 aromatic heterocycles. The molecule has 136 valence electrons. The van der Waals surface area contributed by atoms with Crippen molar-refractivity contribution in [1.82, 2.24) is 0 Å². The third-order valence-corrected chi connectivity index (χ3v) is 5.38. The first kappa shape index (κ1) is 17.4. The summed E-state index contributed by atoms with van der Waals surface area (Å²) in [6.07, 6.45) is 1.73. The molecule has 0 unspecified atom stereocenters. The fourth-order valence-electron chi connectivity index (χ4n) is 4.18. The van der Waals surface area contributed by atoms with E-state index in [-0.39, 0.29) is 12.7 Å². The van der Waals surface area contributed by atoms with Crippen molar-refractivity contribution in [2.75, 3.05) is 20.8 Å². The monoisotopic (exact) mass is 354 g/mol. The van der Waals surface area contributed by atoms with Gasteiger partial charge in [0.05, 0.1) is 25.9 Å². The minimum atomic E-state index is -0.481. The fraction of sp³-hybridized carbons (Fsp3) is 0.400. The normalized spacial score (nSPS) is 24.1. The number of ether oxygens (including phenoxy) is 2. The van der Waals surface area contributed by atoms with Gasteiger partial charge in [-0.25, -0.2) is 0 Å². The Morgan fingerprint density at radius 1 is 1.12 bits per heavy atom. The number of rotatable bonds is 5. The summed E-state index contributed by atoms with van der Waals surface area (Å²) in [4.78, 5) is 0. The molecule has 2 bridgehead atoms. The van der Waals surface area contributed by atoms with Crippen LogP contribution in [0.15, 0.2) is 42.5 Å². The van der Waals surface area contributed by atoms with Crippen molar-refractivity contribution in [3.63, 3.8) is 0 Å². The Bertz CT molecular complexity index is 781. The lowest BCUT2D eigenvalue weighted by Gasteiger charge is -2.48. The molecule has 0 saturated carbocycles. The maximum Gasteiger partial charge on any atom is 0.494 e. The van der Waals surface area contributed by atoms with Crippen LogP contribution in [0.4, 0.5) is 0 Å². The molecular weight excluding hydrogens is 331 g/mol. The van der Waals surface area contributed by atoms with Crippen LogP contribution >= 0.6 is 0 Å². The van der Waals surface area contributed by atoms with E-state index in [0.29, 0.717) is 19.3 Å². The zero-order valence-corrected chi connectivity index (χ0v) is 15.1. The molecule has 2 aliphatic rings. The highest BCUT2D eigenvalue weighted by atomic mass is 16.6. The first-order chi connectivity index (χ1) is 12.7. The van der Waals surface area contributed by atoms with E-state index < -0.39 is 12.7 Å². The van der Waals surface area contributed by atoms with Crippen molar-refractivity contribution < 1.29 is 23.9 Å². The summed E-state index contributed by atoms with van der Waals surface area (Å²) >= 11 is 0. The van der Waals surface area contributed by atoms with Crippen LogP contribution in [0, 0.1) is 0 Å². The van der Waals surface area contributed by atoms with Gasteiger partial charge in [0.2, 0.25) is 0 Å². The van der Waals surface area contributed by atoms with Crippen LogP contribution in [0.2, 0.25) is 0 Å². The lowest BCUT2D eigenvalue weighted by atomic mass is 9.68. The molecule has 26 heavy (non-hydrogen) atoms. The van der Waals surface area contributed by atoms with Crippen LogP contribution in [0.5, 0.6) is 11.5 Å². The van der Waals surface area contributed by atoms with Crippen molar-refractivity contribution >= 4 is 12.6 Å². The van der Waals surface area contributed by atoms with E-state index in [0.717, 1.165) is 28.1 Å². The average Bonchev–Trinajstić information content (AvgIpc) is 2.67. The van der Waals surface area contributed by atoms with Gasteiger partial charge in [-0.1, -0.05) is 30.3 Å². The van der Waals surface area contributed by atoms with Gasteiger partial charge in [-0.2, -0.15) is 0 Å². The number of aliphatic hydroxyl groups excluding tert-OH is 1. The Labute approximate surface area is 154 Å². The topological polar surface area (TPSA) is 57.2 Å². The lowest BCUT2D eigenvalue weighted by Crippen LogP contribution is -2.56. The highest BCUT2D eigenvalue weighted by Gasteiger charge is 2.50. The molecule has 0 spiro atoms. The second-order valence-corrected chi connectivity index (χ2v) is 6.89. The minimum absolute atomic E-state index is 0.0653. The maximum atomic E-state index is 9.68. The number of aliphatic hydroxyl groups is 1. The highest BCUT2D eigenvalue weighted by Crippen LogP contribution is 2.51. The summed E-state index contributed by atoms with van der Waals surface area (Å²) in [7, 11) is 2.87. The van der Waals surface area contributed by atoms with Crippen molar-refractivity contribution in [2.45, 2.75) is 31.0 Å². The van der Waals surface area contributed by atoms with Crippen LogP contribution in [-0.4, -0.2) is 38.7 Å². The number of hydrogen-bond donors (Lipinski definition) is 1. The van der Waals surface area contributed by atoms with Gasteiger partial charge in [0, 0.05) is 30.6 Å². The molecule has 2 aromatic rings. The number of fused-ring (bicyclic) bond motifs is 4. The maximum absolute atomic E-state index is 9.68. The van der Waals surface area contributed by atoms with Gasteiger partial charge >= 0.3 is 7.12 Å². The van der Waals surface area contributed by atoms with Crippen molar-refractivity contribution in [3.8, 4) is 11.5 Å². The molecule has 1 heterocycles. The van der Waals surface area contributed by atoms with Crippen molar-refractivity contribution in [3.05, 3.63) is 53.6 Å². The van der Waals surface area contributed by atoms with Crippen LogP contribution in [0.3, 0.4) is 0 Å². The first-order valence-electron chi connectivity index (χ1n) is 8.92. The third kappa shape index (κ3) is 2.88. The average molecular weight is 354 g/mol. The fourth-order valence-corrected chi connectivity index (χ4v) is 4.18. The van der Waals surface area contributed by atoms with Gasteiger partial charge in [0.1, 0.15) is 11.5 Å². The summed E-state index contributed by atoms with van der Waals surface area (Å²) in [5.41, 5.74) is 2.57. The van der Waals surface area contributed by atoms with Gasteiger partial charge in [0.15, 0.2) is 0 Å². The van der Waals surface area contributed by atoms with E-state index in [2.05, 4.69) is 0 Å². The minimum Gasteiger partial charge on any atom is -0.496 e. The largest absolute Gasteiger partial charge is 0.496 e. The Balaban J connectivity index is 1.81. The van der Waals surface area contributed by atoms with Gasteiger partial charge in [-0.15, -0.1) is 0 Å². The molecule has 0 radical (unpaired) electrons. The van der Waals surface area contributed by atoms with Gasteiger partial charge < -0.3 is 23.9 Å². The molecule has 6 heteroatoms. The van der Waals surface area contributed by atoms with Crippen LogP contribution in [-0.2, 0) is 15.7 Å². The predicted molar refractivity (Wildman–Crippen MR) is 99.0 cm³/mol. The first-order valence-corrected chi connectivity index (χ1v) is 8.92. The number of hydrogen-bond acceptors (Lipinski definition) is 5. The number of benzene rings is 2. The molecule has 5 nitrogen and oxygen atoms in total. The molecule has 1 aliphatic heterocycles. The van der Waals surface area contributed by atoms with E-state index in [4.69, 9.17) is 18.8 Å². The summed E-state index contributed by atoms with van der Waals surface area (Å²) in [6, 6.07) is 13.8. The van der Waals surface area contributed by atoms with Crippen molar-refractivity contribution in [2.24, 2.45) is 0 Å². The van der Waals surface area contributed by atoms with Gasteiger partial charge in [-0.3, -0.25) is 0 Å². The molecule has 2 aromatic carbocycles. The Hall–Kier alpha value is -2.02.